The van der Waals surface area contributed by atoms with Crippen LogP contribution in [0.25, 0.3) is 0 Å². The van der Waals surface area contributed by atoms with E-state index in [2.05, 4.69) is 41.9 Å². The zero-order valence-corrected chi connectivity index (χ0v) is 15.1. The van der Waals surface area contributed by atoms with Gasteiger partial charge in [-0.2, -0.15) is 0 Å². The number of aliphatic carboxylic acids is 1. The standard InChI is InChI=1S/C16H32O9/c1-2-3-4-5-6-7-8-9-10-11-12-14-19-21-23-25-24-22-20-15-13-16(17)18/h2-15H2,1H3,(H,17,18). The summed E-state index contributed by atoms with van der Waals surface area (Å²) in [5.74, 6) is -1.03. The third-order valence-electron chi connectivity index (χ3n) is 3.44. The number of carbonyl (C=O) groups is 1. The first-order valence-electron chi connectivity index (χ1n) is 9.07. The number of carboxylic acids is 1. The Bertz CT molecular complexity index is 276. The summed E-state index contributed by atoms with van der Waals surface area (Å²) in [5.41, 5.74) is 0. The van der Waals surface area contributed by atoms with E-state index in [4.69, 9.17) is 5.11 Å². The van der Waals surface area contributed by atoms with E-state index in [0.717, 1.165) is 12.8 Å². The van der Waals surface area contributed by atoms with Gasteiger partial charge in [0.05, 0.1) is 19.6 Å². The number of hydrogen-bond donors (Lipinski definition) is 1. The van der Waals surface area contributed by atoms with Gasteiger partial charge in [0.15, 0.2) is 0 Å². The third-order valence-corrected chi connectivity index (χ3v) is 3.44. The lowest BCUT2D eigenvalue weighted by molar-refractivity contribution is -0.790. The van der Waals surface area contributed by atoms with E-state index in [0.29, 0.717) is 6.61 Å². The third kappa shape index (κ3) is 23.2. The Labute approximate surface area is 149 Å². The molecule has 9 nitrogen and oxygen atoms in total. The molecule has 1 N–H and O–H groups in total. The van der Waals surface area contributed by atoms with Crippen LogP contribution in [0, 0.1) is 0 Å². The summed E-state index contributed by atoms with van der Waals surface area (Å²) in [6.07, 6.45) is 13.5. The van der Waals surface area contributed by atoms with E-state index < -0.39 is 5.97 Å². The van der Waals surface area contributed by atoms with Crippen LogP contribution in [0.15, 0.2) is 0 Å². The van der Waals surface area contributed by atoms with Crippen LogP contribution in [0.2, 0.25) is 0 Å². The highest BCUT2D eigenvalue weighted by Gasteiger charge is 1.99. The van der Waals surface area contributed by atoms with Crippen LogP contribution in [0.5, 0.6) is 0 Å². The fraction of sp³-hybridized carbons (Fsp3) is 0.938. The fourth-order valence-corrected chi connectivity index (χ4v) is 2.10. The molecule has 0 saturated heterocycles. The molecular formula is C16H32O9. The van der Waals surface area contributed by atoms with E-state index in [9.17, 15) is 4.79 Å². The molecule has 0 bridgehead atoms. The van der Waals surface area contributed by atoms with Crippen molar-refractivity contribution >= 4 is 5.97 Å². The van der Waals surface area contributed by atoms with Crippen molar-refractivity contribution in [2.45, 2.75) is 84.0 Å². The van der Waals surface area contributed by atoms with Crippen LogP contribution in [-0.4, -0.2) is 24.3 Å². The molecule has 25 heavy (non-hydrogen) atoms. The summed E-state index contributed by atoms with van der Waals surface area (Å²) in [4.78, 5) is 19.1. The molecule has 0 saturated carbocycles. The SMILES string of the molecule is CCCCCCCCCCCCCOOOOOOOCCC(=O)O. The van der Waals surface area contributed by atoms with Crippen molar-refractivity contribution in [3.63, 3.8) is 0 Å². The highest BCUT2D eigenvalue weighted by atomic mass is 17.9. The first kappa shape index (κ1) is 24.2. The van der Waals surface area contributed by atoms with Crippen molar-refractivity contribution in [3.05, 3.63) is 0 Å². The van der Waals surface area contributed by atoms with Gasteiger partial charge in [0.25, 0.3) is 0 Å². The van der Waals surface area contributed by atoms with Gasteiger partial charge in [-0.15, -0.1) is 0 Å². The molecule has 0 fully saturated rings. The predicted molar refractivity (Wildman–Crippen MR) is 86.0 cm³/mol. The van der Waals surface area contributed by atoms with Gasteiger partial charge in [0.1, 0.15) is 0 Å². The molecule has 0 aromatic carbocycles. The topological polar surface area (TPSA) is 102 Å². The van der Waals surface area contributed by atoms with Crippen LogP contribution >= 0.6 is 0 Å². The minimum Gasteiger partial charge on any atom is -0.481 e. The minimum atomic E-state index is -1.03. The van der Waals surface area contributed by atoms with Crippen molar-refractivity contribution in [2.75, 3.05) is 13.2 Å². The Morgan fingerprint density at radius 1 is 0.640 bits per heavy atom. The first-order chi connectivity index (χ1) is 12.3. The van der Waals surface area contributed by atoms with Crippen molar-refractivity contribution in [2.24, 2.45) is 0 Å². The molecule has 0 aliphatic heterocycles. The Kier molecular flexibility index (Phi) is 20.5. The Morgan fingerprint density at radius 2 is 1.08 bits per heavy atom. The zero-order chi connectivity index (χ0) is 18.4. The molecule has 0 spiro atoms. The molecule has 0 aliphatic carbocycles. The molecule has 0 aliphatic rings. The normalized spacial score (nSPS) is 11.1. The smallest absolute Gasteiger partial charge is 0.305 e. The van der Waals surface area contributed by atoms with Crippen molar-refractivity contribution in [1.82, 2.24) is 0 Å². The number of unbranched alkanes of at least 4 members (excludes halogenated alkanes) is 10. The highest BCUT2D eigenvalue weighted by Crippen LogP contribution is 2.11. The lowest BCUT2D eigenvalue weighted by Gasteiger charge is -2.03. The Morgan fingerprint density at radius 3 is 1.60 bits per heavy atom. The summed E-state index contributed by atoms with van der Waals surface area (Å²) in [5, 5.41) is 28.2. The van der Waals surface area contributed by atoms with Gasteiger partial charge in [-0.1, -0.05) is 71.1 Å². The van der Waals surface area contributed by atoms with E-state index >= 15 is 0 Å². The predicted octanol–water partition coefficient (Wildman–Crippen LogP) is 4.38. The minimum absolute atomic E-state index is 0.199. The number of carboxylic acid groups (broad SMARTS) is 1. The zero-order valence-electron chi connectivity index (χ0n) is 15.1. The quantitative estimate of drug-likeness (QED) is 0.180. The van der Waals surface area contributed by atoms with Gasteiger partial charge in [-0.3, -0.25) is 4.79 Å². The van der Waals surface area contributed by atoms with E-state index in [-0.39, 0.29) is 13.0 Å². The van der Waals surface area contributed by atoms with Crippen LogP contribution in [0.1, 0.15) is 84.0 Å². The lowest BCUT2D eigenvalue weighted by Crippen LogP contribution is -2.05. The number of rotatable bonds is 21. The lowest BCUT2D eigenvalue weighted by atomic mass is 10.1. The molecule has 0 rings (SSSR count). The van der Waals surface area contributed by atoms with Crippen molar-refractivity contribution in [1.29, 1.82) is 0 Å². The second-order valence-corrected chi connectivity index (χ2v) is 5.66. The maximum Gasteiger partial charge on any atom is 0.305 e. The molecule has 0 atom stereocenters. The van der Waals surface area contributed by atoms with Crippen molar-refractivity contribution < 1.29 is 44.9 Å². The van der Waals surface area contributed by atoms with Gasteiger partial charge in [-0.25, -0.2) is 9.78 Å². The Balaban J connectivity index is 2.97. The summed E-state index contributed by atoms with van der Waals surface area (Å²) in [6.45, 7) is 2.41. The highest BCUT2D eigenvalue weighted by molar-refractivity contribution is 5.66. The molecule has 0 aromatic rings. The molecule has 150 valence electrons. The van der Waals surface area contributed by atoms with Crippen LogP contribution < -0.4 is 0 Å². The summed E-state index contributed by atoms with van der Waals surface area (Å²) < 4.78 is 0. The molecule has 0 heterocycles. The summed E-state index contributed by atoms with van der Waals surface area (Å²) in [6, 6.07) is 0. The van der Waals surface area contributed by atoms with Crippen molar-refractivity contribution in [3.8, 4) is 0 Å². The Hall–Kier alpha value is -0.810. The van der Waals surface area contributed by atoms with E-state index in [1.807, 2.05) is 0 Å². The summed E-state index contributed by atoms with van der Waals surface area (Å²) in [7, 11) is 0. The van der Waals surface area contributed by atoms with Gasteiger partial charge >= 0.3 is 5.97 Å². The van der Waals surface area contributed by atoms with Gasteiger partial charge < -0.3 is 5.11 Å². The average molecular weight is 368 g/mol. The number of hydrogen-bond acceptors (Lipinski definition) is 8. The second kappa shape index (κ2) is 21.2. The molecule has 0 amide bonds. The fourth-order valence-electron chi connectivity index (χ4n) is 2.10. The van der Waals surface area contributed by atoms with Crippen LogP contribution in [-0.2, 0) is 39.8 Å². The monoisotopic (exact) mass is 368 g/mol. The molecule has 0 aromatic heterocycles. The largest absolute Gasteiger partial charge is 0.481 e. The van der Waals surface area contributed by atoms with Crippen LogP contribution in [0.4, 0.5) is 0 Å². The molecule has 9 heteroatoms. The van der Waals surface area contributed by atoms with Crippen LogP contribution in [0.3, 0.4) is 0 Å². The van der Waals surface area contributed by atoms with E-state index in [1.165, 1.54) is 57.8 Å². The van der Waals surface area contributed by atoms with Gasteiger partial charge in [0, 0.05) is 0 Å². The second-order valence-electron chi connectivity index (χ2n) is 5.66. The molecule has 0 unspecified atom stereocenters. The van der Waals surface area contributed by atoms with E-state index in [1.54, 1.807) is 0 Å². The average Bonchev–Trinajstić information content (AvgIpc) is 2.60. The van der Waals surface area contributed by atoms with Gasteiger partial charge in [0.2, 0.25) is 0 Å². The summed E-state index contributed by atoms with van der Waals surface area (Å²) >= 11 is 0. The molecule has 0 radical (unpaired) electrons. The first-order valence-corrected chi connectivity index (χ1v) is 9.07. The van der Waals surface area contributed by atoms with Gasteiger partial charge in [-0.05, 0) is 31.6 Å². The maximum atomic E-state index is 10.1. The maximum absolute atomic E-state index is 10.1. The molecular weight excluding hydrogens is 336 g/mol.